The zero-order chi connectivity index (χ0) is 12.5. The van der Waals surface area contributed by atoms with E-state index < -0.39 is 0 Å². The van der Waals surface area contributed by atoms with E-state index in [0.29, 0.717) is 22.2 Å². The van der Waals surface area contributed by atoms with Crippen LogP contribution in [0.1, 0.15) is 19.3 Å². The Bertz CT molecular complexity index is 446. The fraction of sp³-hybridized carbons (Fsp3) is 0.417. The Morgan fingerprint density at radius 1 is 1.35 bits per heavy atom. The fourth-order valence-electron chi connectivity index (χ4n) is 1.69. The van der Waals surface area contributed by atoms with Crippen molar-refractivity contribution >= 4 is 47.4 Å². The summed E-state index contributed by atoms with van der Waals surface area (Å²) in [6.07, 6.45) is 2.70. The molecule has 2 nitrogen and oxygen atoms in total. The van der Waals surface area contributed by atoms with Crippen molar-refractivity contribution in [3.05, 3.63) is 28.2 Å². The maximum atomic E-state index is 11.8. The minimum Gasteiger partial charge on any atom is -0.326 e. The van der Waals surface area contributed by atoms with Gasteiger partial charge in [0.1, 0.15) is 0 Å². The summed E-state index contributed by atoms with van der Waals surface area (Å²) in [7, 11) is 0. The van der Waals surface area contributed by atoms with E-state index in [1.165, 1.54) is 0 Å². The highest BCUT2D eigenvalue weighted by Gasteiger charge is 2.42. The Labute approximate surface area is 116 Å². The fourth-order valence-corrected chi connectivity index (χ4v) is 2.41. The van der Waals surface area contributed by atoms with Crippen molar-refractivity contribution in [3.8, 4) is 0 Å². The molecule has 1 aliphatic carbocycles. The van der Waals surface area contributed by atoms with Gasteiger partial charge in [-0.3, -0.25) is 4.79 Å². The summed E-state index contributed by atoms with van der Waals surface area (Å²) in [4.78, 5) is 11.8. The van der Waals surface area contributed by atoms with Crippen molar-refractivity contribution in [2.24, 2.45) is 5.41 Å². The van der Waals surface area contributed by atoms with Gasteiger partial charge < -0.3 is 5.32 Å². The maximum absolute atomic E-state index is 11.8. The first-order valence-corrected chi connectivity index (χ1v) is 6.79. The molecule has 0 saturated heterocycles. The summed E-state index contributed by atoms with van der Waals surface area (Å²) >= 11 is 16.0. The van der Waals surface area contributed by atoms with Gasteiger partial charge in [0, 0.05) is 12.1 Å². The van der Waals surface area contributed by atoms with E-state index in [4.69, 9.17) is 23.2 Å². The molecule has 1 aromatic carbocycles. The van der Waals surface area contributed by atoms with Crippen molar-refractivity contribution in [2.75, 3.05) is 11.1 Å². The minimum absolute atomic E-state index is 0.00920. The normalized spacial score (nSPS) is 16.6. The van der Waals surface area contributed by atoms with Gasteiger partial charge in [0.2, 0.25) is 5.91 Å². The van der Waals surface area contributed by atoms with Crippen LogP contribution in [0.25, 0.3) is 0 Å². The third-order valence-electron chi connectivity index (χ3n) is 3.03. The molecular formula is C12H13Cl2NOS. The molecule has 0 spiro atoms. The number of benzene rings is 1. The van der Waals surface area contributed by atoms with Crippen molar-refractivity contribution in [3.63, 3.8) is 0 Å². The monoisotopic (exact) mass is 289 g/mol. The van der Waals surface area contributed by atoms with Crippen molar-refractivity contribution in [1.29, 1.82) is 0 Å². The molecule has 0 bridgehead atoms. The van der Waals surface area contributed by atoms with Gasteiger partial charge in [-0.05, 0) is 42.2 Å². The van der Waals surface area contributed by atoms with Crippen molar-refractivity contribution in [2.45, 2.75) is 19.3 Å². The summed E-state index contributed by atoms with van der Waals surface area (Å²) in [5.41, 5.74) is 0.808. The molecular weight excluding hydrogens is 277 g/mol. The van der Waals surface area contributed by atoms with Gasteiger partial charge in [0.05, 0.1) is 10.0 Å². The lowest BCUT2D eigenvalue weighted by Gasteiger charge is -2.12. The summed E-state index contributed by atoms with van der Waals surface area (Å²) in [6.45, 7) is 0. The van der Waals surface area contributed by atoms with Gasteiger partial charge in [-0.2, -0.15) is 12.6 Å². The Morgan fingerprint density at radius 3 is 2.59 bits per heavy atom. The number of hydrogen-bond acceptors (Lipinski definition) is 2. The first-order valence-electron chi connectivity index (χ1n) is 5.40. The smallest absolute Gasteiger partial charge is 0.224 e. The summed E-state index contributed by atoms with van der Waals surface area (Å²) in [5, 5.41) is 3.75. The molecule has 1 fully saturated rings. The lowest BCUT2D eigenvalue weighted by Crippen LogP contribution is -2.18. The Balaban J connectivity index is 1.96. The number of nitrogens with one attached hydrogen (secondary N) is 1. The number of hydrogen-bond donors (Lipinski definition) is 2. The van der Waals surface area contributed by atoms with E-state index in [1.807, 2.05) is 0 Å². The van der Waals surface area contributed by atoms with E-state index in [-0.39, 0.29) is 11.3 Å². The SMILES string of the molecule is O=C(CC1(CS)CC1)Nc1ccc(Cl)c(Cl)c1. The number of amides is 1. The van der Waals surface area contributed by atoms with Crippen molar-refractivity contribution < 1.29 is 4.79 Å². The molecule has 1 aliphatic rings. The number of halogens is 2. The molecule has 0 unspecified atom stereocenters. The zero-order valence-corrected chi connectivity index (χ0v) is 11.6. The predicted octanol–water partition coefficient (Wildman–Crippen LogP) is 4.03. The topological polar surface area (TPSA) is 29.1 Å². The molecule has 17 heavy (non-hydrogen) atoms. The molecule has 1 aromatic rings. The van der Waals surface area contributed by atoms with E-state index in [2.05, 4.69) is 17.9 Å². The van der Waals surface area contributed by atoms with Crippen LogP contribution in [0.15, 0.2) is 18.2 Å². The minimum atomic E-state index is 0.00920. The highest BCUT2D eigenvalue weighted by atomic mass is 35.5. The van der Waals surface area contributed by atoms with E-state index in [1.54, 1.807) is 18.2 Å². The zero-order valence-electron chi connectivity index (χ0n) is 9.17. The lowest BCUT2D eigenvalue weighted by atomic mass is 10.1. The van der Waals surface area contributed by atoms with Gasteiger partial charge >= 0.3 is 0 Å². The molecule has 2 rings (SSSR count). The number of carbonyl (C=O) groups is 1. The first-order chi connectivity index (χ1) is 8.04. The second kappa shape index (κ2) is 5.09. The quantitative estimate of drug-likeness (QED) is 0.805. The van der Waals surface area contributed by atoms with Crippen LogP contribution >= 0.6 is 35.8 Å². The summed E-state index contributed by atoms with van der Waals surface area (Å²) in [5.74, 6) is 0.775. The summed E-state index contributed by atoms with van der Waals surface area (Å²) < 4.78 is 0. The highest BCUT2D eigenvalue weighted by Crippen LogP contribution is 2.49. The van der Waals surface area contributed by atoms with Crippen LogP contribution in [-0.2, 0) is 4.79 Å². The van der Waals surface area contributed by atoms with Crippen LogP contribution in [0.3, 0.4) is 0 Å². The van der Waals surface area contributed by atoms with Crippen LogP contribution in [0.5, 0.6) is 0 Å². The first kappa shape index (κ1) is 13.1. The Morgan fingerprint density at radius 2 is 2.06 bits per heavy atom. The third kappa shape index (κ3) is 3.30. The van der Waals surface area contributed by atoms with Crippen LogP contribution in [-0.4, -0.2) is 11.7 Å². The van der Waals surface area contributed by atoms with Gasteiger partial charge in [-0.1, -0.05) is 23.2 Å². The molecule has 0 heterocycles. The van der Waals surface area contributed by atoms with Gasteiger partial charge in [0.15, 0.2) is 0 Å². The number of rotatable bonds is 4. The Hall–Kier alpha value is -0.380. The predicted molar refractivity (Wildman–Crippen MR) is 75.2 cm³/mol. The van der Waals surface area contributed by atoms with Crippen LogP contribution < -0.4 is 5.32 Å². The number of thiol groups is 1. The molecule has 0 radical (unpaired) electrons. The van der Waals surface area contributed by atoms with Gasteiger partial charge in [0.25, 0.3) is 0 Å². The molecule has 0 atom stereocenters. The highest BCUT2D eigenvalue weighted by molar-refractivity contribution is 7.80. The molecule has 1 amide bonds. The third-order valence-corrected chi connectivity index (χ3v) is 4.44. The molecule has 1 saturated carbocycles. The molecule has 0 aliphatic heterocycles. The summed E-state index contributed by atoms with van der Waals surface area (Å²) in [6, 6.07) is 5.07. The molecule has 92 valence electrons. The number of carbonyl (C=O) groups excluding carboxylic acids is 1. The van der Waals surface area contributed by atoms with Crippen LogP contribution in [0, 0.1) is 5.41 Å². The van der Waals surface area contributed by atoms with Gasteiger partial charge in [-0.25, -0.2) is 0 Å². The van der Waals surface area contributed by atoms with Crippen LogP contribution in [0.4, 0.5) is 5.69 Å². The maximum Gasteiger partial charge on any atom is 0.224 e. The second-order valence-electron chi connectivity index (χ2n) is 4.51. The average molecular weight is 290 g/mol. The molecule has 0 aromatic heterocycles. The Kier molecular flexibility index (Phi) is 3.91. The second-order valence-corrected chi connectivity index (χ2v) is 5.64. The molecule has 5 heteroatoms. The van der Waals surface area contributed by atoms with E-state index in [0.717, 1.165) is 18.6 Å². The van der Waals surface area contributed by atoms with E-state index in [9.17, 15) is 4.79 Å². The van der Waals surface area contributed by atoms with E-state index >= 15 is 0 Å². The largest absolute Gasteiger partial charge is 0.326 e. The molecule has 1 N–H and O–H groups in total. The van der Waals surface area contributed by atoms with Crippen LogP contribution in [0.2, 0.25) is 10.0 Å². The average Bonchev–Trinajstić information content (AvgIpc) is 3.04. The standard InChI is InChI=1S/C12H13Cl2NOS/c13-9-2-1-8(5-10(9)14)15-11(16)6-12(7-17)3-4-12/h1-2,5,17H,3-4,6-7H2,(H,15,16). The lowest BCUT2D eigenvalue weighted by molar-refractivity contribution is -0.117. The van der Waals surface area contributed by atoms with Gasteiger partial charge in [-0.15, -0.1) is 0 Å². The number of anilines is 1. The van der Waals surface area contributed by atoms with Crippen molar-refractivity contribution in [1.82, 2.24) is 0 Å².